The van der Waals surface area contributed by atoms with Crippen molar-refractivity contribution in [1.82, 2.24) is 38.9 Å². The van der Waals surface area contributed by atoms with Crippen molar-refractivity contribution in [3.8, 4) is 11.6 Å². The molecule has 4 aromatic heterocycles. The van der Waals surface area contributed by atoms with Crippen LogP contribution in [0.4, 0.5) is 20.4 Å². The third kappa shape index (κ3) is 4.14. The molecule has 1 saturated heterocycles. The highest BCUT2D eigenvalue weighted by Gasteiger charge is 2.25. The number of rotatable bonds is 6. The summed E-state index contributed by atoms with van der Waals surface area (Å²) in [6.45, 7) is 2.93. The van der Waals surface area contributed by atoms with E-state index in [1.807, 2.05) is 0 Å². The summed E-state index contributed by atoms with van der Waals surface area (Å²) in [7, 11) is 3.03. The Kier molecular flexibility index (Phi) is 6.21. The highest BCUT2D eigenvalue weighted by atomic mass is 19.1. The van der Waals surface area contributed by atoms with Gasteiger partial charge < -0.3 is 20.4 Å². The van der Waals surface area contributed by atoms with Crippen LogP contribution >= 0.6 is 0 Å². The lowest BCUT2D eigenvalue weighted by molar-refractivity contribution is 0.0959. The van der Waals surface area contributed by atoms with Crippen molar-refractivity contribution in [1.29, 1.82) is 0 Å². The third-order valence-corrected chi connectivity index (χ3v) is 7.18. The maximum atomic E-state index is 14.6. The lowest BCUT2D eigenvalue weighted by Crippen LogP contribution is -2.48. The number of furan rings is 1. The largest absolute Gasteiger partial charge is 0.461 e. The molecular formula is C25H26F2N10O3. The maximum Gasteiger partial charge on any atom is 0.330 e. The molecule has 1 aromatic carbocycles. The molecule has 1 amide bonds. The molecule has 1 fully saturated rings. The first-order chi connectivity index (χ1) is 19.3. The van der Waals surface area contributed by atoms with Crippen LogP contribution in [0.25, 0.3) is 28.4 Å². The molecule has 1 aliphatic heterocycles. The van der Waals surface area contributed by atoms with E-state index in [1.165, 1.54) is 28.5 Å². The molecule has 13 nitrogen and oxygen atoms in total. The normalized spacial score (nSPS) is 14.4. The summed E-state index contributed by atoms with van der Waals surface area (Å²) in [5, 5.41) is 6.75. The molecule has 0 atom stereocenters. The Morgan fingerprint density at radius 1 is 1.10 bits per heavy atom. The van der Waals surface area contributed by atoms with Gasteiger partial charge in [0.05, 0.1) is 17.5 Å². The molecule has 5 aromatic rings. The number of benzene rings is 1. The van der Waals surface area contributed by atoms with Crippen LogP contribution in [-0.2, 0) is 13.6 Å². The van der Waals surface area contributed by atoms with Crippen molar-refractivity contribution in [3.63, 3.8) is 0 Å². The number of hydrogen-bond acceptors (Lipinski definition) is 9. The number of piperazine rings is 1. The summed E-state index contributed by atoms with van der Waals surface area (Å²) in [5.74, 6) is -1.38. The number of carbonyl (C=O) groups is 1. The fourth-order valence-electron chi connectivity index (χ4n) is 5.04. The number of fused-ring (bicyclic) bond motifs is 3. The fourth-order valence-corrected chi connectivity index (χ4v) is 5.04. The standard InChI is InChI=1S/C25H26F2N10O3/c1-29-23(38)14-12-17(16(27)13-15(14)26)35-8-5-34(6-9-35)7-10-36-21-19(33(2)25(36)39)22-30-20(18-4-3-11-40-18)32-37(22)24(28)31-21/h3-4,11-13H,5-10H2,1-2H3,(H2,28,31)(H,29,38). The Hall–Kier alpha value is -4.79. The summed E-state index contributed by atoms with van der Waals surface area (Å²) >= 11 is 0. The molecule has 0 spiro atoms. The maximum absolute atomic E-state index is 14.6. The monoisotopic (exact) mass is 552 g/mol. The van der Waals surface area contributed by atoms with Crippen LogP contribution in [-0.4, -0.2) is 79.3 Å². The van der Waals surface area contributed by atoms with Gasteiger partial charge in [-0.1, -0.05) is 0 Å². The van der Waals surface area contributed by atoms with Gasteiger partial charge in [-0.3, -0.25) is 18.8 Å². The minimum atomic E-state index is -0.908. The van der Waals surface area contributed by atoms with Crippen LogP contribution in [0.1, 0.15) is 10.4 Å². The molecule has 40 heavy (non-hydrogen) atoms. The Morgan fingerprint density at radius 2 is 1.88 bits per heavy atom. The number of nitrogens with zero attached hydrogens (tertiary/aromatic N) is 8. The molecule has 0 unspecified atom stereocenters. The van der Waals surface area contributed by atoms with E-state index < -0.39 is 17.5 Å². The molecular weight excluding hydrogens is 526 g/mol. The van der Waals surface area contributed by atoms with Crippen LogP contribution < -0.4 is 21.6 Å². The van der Waals surface area contributed by atoms with E-state index in [4.69, 9.17) is 10.2 Å². The lowest BCUT2D eigenvalue weighted by Gasteiger charge is -2.36. The fraction of sp³-hybridized carbons (Fsp3) is 0.320. The lowest BCUT2D eigenvalue weighted by atomic mass is 10.1. The Labute approximate surface area is 225 Å². The predicted molar refractivity (Wildman–Crippen MR) is 142 cm³/mol. The molecule has 0 bridgehead atoms. The number of nitrogens with one attached hydrogen (secondary N) is 1. The van der Waals surface area contributed by atoms with Gasteiger partial charge >= 0.3 is 5.69 Å². The molecule has 208 valence electrons. The Balaban J connectivity index is 1.21. The highest BCUT2D eigenvalue weighted by molar-refractivity contribution is 5.95. The van der Waals surface area contributed by atoms with Crippen molar-refractivity contribution in [2.24, 2.45) is 7.05 Å². The van der Waals surface area contributed by atoms with Crippen molar-refractivity contribution >= 4 is 34.4 Å². The van der Waals surface area contributed by atoms with Crippen LogP contribution in [0.3, 0.4) is 0 Å². The molecule has 0 radical (unpaired) electrons. The van der Waals surface area contributed by atoms with Gasteiger partial charge in [-0.05, 0) is 18.2 Å². The number of aromatic nitrogens is 6. The summed E-state index contributed by atoms with van der Waals surface area (Å²) in [6, 6.07) is 5.43. The Bertz CT molecular complexity index is 1800. The van der Waals surface area contributed by atoms with Crippen molar-refractivity contribution in [3.05, 3.63) is 58.2 Å². The van der Waals surface area contributed by atoms with Gasteiger partial charge in [0.1, 0.15) is 17.2 Å². The molecule has 5 heterocycles. The zero-order chi connectivity index (χ0) is 28.1. The number of carbonyl (C=O) groups excluding carboxylic acids is 1. The summed E-state index contributed by atoms with van der Waals surface area (Å²) in [4.78, 5) is 38.1. The molecule has 15 heteroatoms. The van der Waals surface area contributed by atoms with Crippen LogP contribution in [0.2, 0.25) is 0 Å². The second kappa shape index (κ2) is 9.75. The van der Waals surface area contributed by atoms with E-state index in [0.29, 0.717) is 67.7 Å². The van der Waals surface area contributed by atoms with Gasteiger partial charge in [0.2, 0.25) is 11.8 Å². The van der Waals surface area contributed by atoms with Gasteiger partial charge in [0, 0.05) is 59.4 Å². The SMILES string of the molecule is CNC(=O)c1cc(N2CCN(CCn3c(=O)n(C)c4c3nc(N)n3nc(-c5ccco5)nc43)CC2)c(F)cc1F. The number of halogens is 2. The summed E-state index contributed by atoms with van der Waals surface area (Å²) in [5.41, 5.74) is 7.16. The van der Waals surface area contributed by atoms with Crippen molar-refractivity contribution < 1.29 is 18.0 Å². The van der Waals surface area contributed by atoms with Crippen LogP contribution in [0, 0.1) is 11.6 Å². The van der Waals surface area contributed by atoms with Gasteiger partial charge in [-0.2, -0.15) is 9.50 Å². The average Bonchev–Trinajstić information content (AvgIpc) is 3.68. The third-order valence-electron chi connectivity index (χ3n) is 7.18. The zero-order valence-corrected chi connectivity index (χ0v) is 21.8. The minimum absolute atomic E-state index is 0.0817. The average molecular weight is 553 g/mol. The topological polar surface area (TPSA) is 145 Å². The smallest absolute Gasteiger partial charge is 0.330 e. The minimum Gasteiger partial charge on any atom is -0.461 e. The second-order valence-corrected chi connectivity index (χ2v) is 9.47. The molecule has 3 N–H and O–H groups in total. The molecule has 0 aliphatic carbocycles. The number of aryl methyl sites for hydroxylation is 1. The first-order valence-electron chi connectivity index (χ1n) is 12.6. The van der Waals surface area contributed by atoms with Crippen LogP contribution in [0.15, 0.2) is 39.7 Å². The predicted octanol–water partition coefficient (Wildman–Crippen LogP) is 1.08. The number of anilines is 2. The van der Waals surface area contributed by atoms with E-state index in [1.54, 1.807) is 28.6 Å². The van der Waals surface area contributed by atoms with Crippen molar-refractivity contribution in [2.45, 2.75) is 6.54 Å². The molecule has 6 rings (SSSR count). The van der Waals surface area contributed by atoms with Gasteiger partial charge in [-0.15, -0.1) is 5.10 Å². The van der Waals surface area contributed by atoms with Gasteiger partial charge in [0.25, 0.3) is 5.91 Å². The number of amides is 1. The van der Waals surface area contributed by atoms with Gasteiger partial charge in [-0.25, -0.2) is 18.6 Å². The van der Waals surface area contributed by atoms with E-state index in [0.717, 1.165) is 6.07 Å². The number of hydrogen-bond donors (Lipinski definition) is 2. The van der Waals surface area contributed by atoms with E-state index >= 15 is 0 Å². The van der Waals surface area contributed by atoms with Crippen LogP contribution in [0.5, 0.6) is 0 Å². The number of nitrogens with two attached hydrogens (primary N) is 1. The van der Waals surface area contributed by atoms with Gasteiger partial charge in [0.15, 0.2) is 17.1 Å². The number of imidazole rings is 1. The van der Waals surface area contributed by atoms with Crippen molar-refractivity contribution in [2.75, 3.05) is 50.4 Å². The quantitative estimate of drug-likeness (QED) is 0.316. The zero-order valence-electron chi connectivity index (χ0n) is 21.8. The summed E-state index contributed by atoms with van der Waals surface area (Å²) < 4.78 is 38.5. The Morgan fingerprint density at radius 3 is 2.58 bits per heavy atom. The first kappa shape index (κ1) is 25.5. The van der Waals surface area contributed by atoms with E-state index in [2.05, 4.69) is 25.3 Å². The number of nitrogen functional groups attached to an aromatic ring is 1. The molecule has 1 aliphatic rings. The van der Waals surface area contributed by atoms with E-state index in [9.17, 15) is 18.4 Å². The van der Waals surface area contributed by atoms with E-state index in [-0.39, 0.29) is 22.9 Å². The second-order valence-electron chi connectivity index (χ2n) is 9.47. The highest BCUT2D eigenvalue weighted by Crippen LogP contribution is 2.26. The summed E-state index contributed by atoms with van der Waals surface area (Å²) in [6.07, 6.45) is 1.52. The molecule has 0 saturated carbocycles. The first-order valence-corrected chi connectivity index (χ1v) is 12.6.